The summed E-state index contributed by atoms with van der Waals surface area (Å²) in [6.45, 7) is 7.96. The highest BCUT2D eigenvalue weighted by atomic mass is 32.1. The molecule has 1 aliphatic rings. The van der Waals surface area contributed by atoms with Crippen molar-refractivity contribution in [2.24, 2.45) is 11.8 Å². The van der Waals surface area contributed by atoms with Crippen LogP contribution in [-0.4, -0.2) is 17.6 Å². The largest absolute Gasteiger partial charge is 0.313 e. The number of aromatic nitrogens is 1. The summed E-state index contributed by atoms with van der Waals surface area (Å²) in [4.78, 5) is 5.72. The topological polar surface area (TPSA) is 24.9 Å². The van der Waals surface area contributed by atoms with Gasteiger partial charge in [0.2, 0.25) is 0 Å². The highest BCUT2D eigenvalue weighted by molar-refractivity contribution is 7.09. The quantitative estimate of drug-likeness (QED) is 0.872. The van der Waals surface area contributed by atoms with Gasteiger partial charge < -0.3 is 5.32 Å². The summed E-state index contributed by atoms with van der Waals surface area (Å²) in [5.41, 5.74) is 3.16. The Labute approximate surface area is 102 Å². The van der Waals surface area contributed by atoms with Crippen molar-refractivity contribution in [1.29, 1.82) is 0 Å². The van der Waals surface area contributed by atoms with Crippen LogP contribution in [0.15, 0.2) is 5.51 Å². The Morgan fingerprint density at radius 3 is 2.81 bits per heavy atom. The molecule has 0 aromatic carbocycles. The van der Waals surface area contributed by atoms with Crippen LogP contribution in [0.4, 0.5) is 0 Å². The maximum Gasteiger partial charge on any atom is 0.0797 e. The molecule has 0 saturated heterocycles. The van der Waals surface area contributed by atoms with Gasteiger partial charge in [0.05, 0.1) is 11.2 Å². The Kier molecular flexibility index (Phi) is 3.98. The second kappa shape index (κ2) is 5.28. The predicted octanol–water partition coefficient (Wildman–Crippen LogP) is 3.02. The Hall–Kier alpha value is -0.410. The number of nitrogens with one attached hydrogen (secondary N) is 1. The zero-order valence-electron chi connectivity index (χ0n) is 10.5. The lowest BCUT2D eigenvalue weighted by Crippen LogP contribution is -2.33. The lowest BCUT2D eigenvalue weighted by molar-refractivity contribution is 0.373. The average Bonchev–Trinajstić information content (AvgIpc) is 2.80. The van der Waals surface area contributed by atoms with Crippen LogP contribution in [0.25, 0.3) is 0 Å². The third-order valence-electron chi connectivity index (χ3n) is 4.07. The van der Waals surface area contributed by atoms with Crippen LogP contribution in [0.5, 0.6) is 0 Å². The van der Waals surface area contributed by atoms with E-state index in [0.717, 1.165) is 30.8 Å². The molecule has 1 aliphatic carbocycles. The highest BCUT2D eigenvalue weighted by Gasteiger charge is 2.28. The van der Waals surface area contributed by atoms with Crippen LogP contribution in [0, 0.1) is 18.8 Å². The molecule has 3 unspecified atom stereocenters. The smallest absolute Gasteiger partial charge is 0.0797 e. The predicted molar refractivity (Wildman–Crippen MR) is 69.9 cm³/mol. The van der Waals surface area contributed by atoms with Gasteiger partial charge in [-0.2, -0.15) is 0 Å². The third-order valence-corrected chi connectivity index (χ3v) is 5.06. The summed E-state index contributed by atoms with van der Waals surface area (Å²) < 4.78 is 0. The van der Waals surface area contributed by atoms with E-state index < -0.39 is 0 Å². The van der Waals surface area contributed by atoms with Crippen molar-refractivity contribution >= 4 is 11.3 Å². The zero-order valence-corrected chi connectivity index (χ0v) is 11.3. The van der Waals surface area contributed by atoms with Crippen LogP contribution in [-0.2, 0) is 6.42 Å². The van der Waals surface area contributed by atoms with Gasteiger partial charge in [0.1, 0.15) is 0 Å². The van der Waals surface area contributed by atoms with E-state index >= 15 is 0 Å². The molecule has 1 heterocycles. The fourth-order valence-corrected chi connectivity index (χ4v) is 3.37. The van der Waals surface area contributed by atoms with Crippen LogP contribution >= 0.6 is 11.3 Å². The van der Waals surface area contributed by atoms with E-state index in [0.29, 0.717) is 0 Å². The van der Waals surface area contributed by atoms with Gasteiger partial charge in [0, 0.05) is 17.5 Å². The molecule has 1 saturated carbocycles. The average molecular weight is 238 g/mol. The minimum Gasteiger partial charge on any atom is -0.313 e. The first-order chi connectivity index (χ1) is 7.68. The molecular weight excluding hydrogens is 216 g/mol. The van der Waals surface area contributed by atoms with E-state index in [1.54, 1.807) is 11.3 Å². The van der Waals surface area contributed by atoms with Crippen LogP contribution in [0.3, 0.4) is 0 Å². The normalized spacial score (nSPS) is 29.8. The molecule has 0 amide bonds. The number of nitrogens with zero attached hydrogens (tertiary/aromatic N) is 1. The first-order valence-electron chi connectivity index (χ1n) is 6.31. The van der Waals surface area contributed by atoms with Gasteiger partial charge in [-0.3, -0.25) is 0 Å². The number of hydrogen-bond donors (Lipinski definition) is 1. The molecular formula is C13H22N2S. The first kappa shape index (κ1) is 12.1. The first-order valence-corrected chi connectivity index (χ1v) is 7.18. The number of rotatable bonds is 4. The molecule has 0 aliphatic heterocycles. The molecule has 0 bridgehead atoms. The molecule has 1 N–H and O–H groups in total. The number of hydrogen-bond acceptors (Lipinski definition) is 3. The summed E-state index contributed by atoms with van der Waals surface area (Å²) >= 11 is 1.78. The van der Waals surface area contributed by atoms with Gasteiger partial charge in [-0.25, -0.2) is 4.98 Å². The van der Waals surface area contributed by atoms with Crippen molar-refractivity contribution in [2.75, 3.05) is 6.54 Å². The number of thiazole rings is 1. The second-order valence-electron chi connectivity index (χ2n) is 5.09. The number of aryl methyl sites for hydroxylation is 1. The van der Waals surface area contributed by atoms with Gasteiger partial charge in [0.25, 0.3) is 0 Å². The molecule has 1 fully saturated rings. The van der Waals surface area contributed by atoms with Gasteiger partial charge in [-0.05, 0) is 38.0 Å². The molecule has 16 heavy (non-hydrogen) atoms. The van der Waals surface area contributed by atoms with E-state index in [-0.39, 0.29) is 0 Å². The second-order valence-corrected chi connectivity index (χ2v) is 6.02. The van der Waals surface area contributed by atoms with Gasteiger partial charge in [-0.15, -0.1) is 11.3 Å². The fourth-order valence-electron chi connectivity index (χ4n) is 2.59. The lowest BCUT2D eigenvalue weighted by Gasteiger charge is -2.19. The Balaban J connectivity index is 1.75. The molecule has 2 nitrogen and oxygen atoms in total. The van der Waals surface area contributed by atoms with Crippen LogP contribution in [0.1, 0.15) is 37.3 Å². The van der Waals surface area contributed by atoms with E-state index in [4.69, 9.17) is 0 Å². The van der Waals surface area contributed by atoms with Crippen molar-refractivity contribution in [2.45, 2.75) is 46.1 Å². The van der Waals surface area contributed by atoms with Crippen LogP contribution < -0.4 is 5.32 Å². The Bertz CT molecular complexity index is 334. The van der Waals surface area contributed by atoms with E-state index in [9.17, 15) is 0 Å². The van der Waals surface area contributed by atoms with Gasteiger partial charge in [0.15, 0.2) is 0 Å². The van der Waals surface area contributed by atoms with E-state index in [2.05, 4.69) is 31.1 Å². The third kappa shape index (κ3) is 2.64. The summed E-state index contributed by atoms with van der Waals surface area (Å²) in [6, 6.07) is 0.739. The molecule has 0 radical (unpaired) electrons. The van der Waals surface area contributed by atoms with Crippen molar-refractivity contribution in [3.05, 3.63) is 16.1 Å². The molecule has 1 aromatic rings. The van der Waals surface area contributed by atoms with Crippen molar-refractivity contribution in [3.63, 3.8) is 0 Å². The summed E-state index contributed by atoms with van der Waals surface area (Å²) in [5, 5.41) is 3.71. The highest BCUT2D eigenvalue weighted by Crippen LogP contribution is 2.30. The van der Waals surface area contributed by atoms with Crippen LogP contribution in [0.2, 0.25) is 0 Å². The van der Waals surface area contributed by atoms with E-state index in [1.165, 1.54) is 23.4 Å². The maximum absolute atomic E-state index is 4.28. The fraction of sp³-hybridized carbons (Fsp3) is 0.769. The van der Waals surface area contributed by atoms with Gasteiger partial charge in [-0.1, -0.05) is 13.8 Å². The molecule has 3 atom stereocenters. The standard InChI is InChI=1S/C13H22N2S/c1-9-4-5-12(10(9)2)14-7-6-13-11(3)15-8-16-13/h8-10,12,14H,4-7H2,1-3H3. The molecule has 2 rings (SSSR count). The molecule has 1 aromatic heterocycles. The van der Waals surface area contributed by atoms with Crippen molar-refractivity contribution < 1.29 is 0 Å². The summed E-state index contributed by atoms with van der Waals surface area (Å²) in [7, 11) is 0. The van der Waals surface area contributed by atoms with Gasteiger partial charge >= 0.3 is 0 Å². The van der Waals surface area contributed by atoms with Crippen molar-refractivity contribution in [1.82, 2.24) is 10.3 Å². The lowest BCUT2D eigenvalue weighted by atomic mass is 9.98. The zero-order chi connectivity index (χ0) is 11.5. The maximum atomic E-state index is 4.28. The Morgan fingerprint density at radius 2 is 2.25 bits per heavy atom. The summed E-state index contributed by atoms with van der Waals surface area (Å²) in [6.07, 6.45) is 3.87. The molecule has 0 spiro atoms. The minimum absolute atomic E-state index is 0.739. The van der Waals surface area contributed by atoms with Crippen molar-refractivity contribution in [3.8, 4) is 0 Å². The Morgan fingerprint density at radius 1 is 1.44 bits per heavy atom. The van der Waals surface area contributed by atoms with E-state index in [1.807, 2.05) is 5.51 Å². The SMILES string of the molecule is Cc1ncsc1CCNC1CCC(C)C1C. The molecule has 90 valence electrons. The monoisotopic (exact) mass is 238 g/mol. The minimum atomic E-state index is 0.739. The summed E-state index contributed by atoms with van der Waals surface area (Å²) in [5.74, 6) is 1.73. The molecule has 3 heteroatoms.